The van der Waals surface area contributed by atoms with Crippen molar-refractivity contribution in [2.45, 2.75) is 82.1 Å². The van der Waals surface area contributed by atoms with Crippen molar-refractivity contribution >= 4 is 34.0 Å². The number of hydrogen-bond acceptors (Lipinski definition) is 0. The Morgan fingerprint density at radius 2 is 1.23 bits per heavy atom. The molecule has 0 saturated carbocycles. The molecule has 3 aliphatic rings. The monoisotopic (exact) mass is 427 g/mol. The molecule has 5 rings (SSSR count). The van der Waals surface area contributed by atoms with E-state index >= 15 is 0 Å². The lowest BCUT2D eigenvalue weighted by atomic mass is 9.24. The van der Waals surface area contributed by atoms with E-state index in [-0.39, 0.29) is 0 Å². The van der Waals surface area contributed by atoms with Gasteiger partial charge in [-0.2, -0.15) is 0 Å². The van der Waals surface area contributed by atoms with Gasteiger partial charge in [0.1, 0.15) is 8.07 Å². The summed E-state index contributed by atoms with van der Waals surface area (Å²) >= 11 is 0. The van der Waals surface area contributed by atoms with Crippen molar-refractivity contribution in [1.82, 2.24) is 0 Å². The van der Waals surface area contributed by atoms with Crippen LogP contribution in [0.1, 0.15) is 51.4 Å². The van der Waals surface area contributed by atoms with Crippen LogP contribution in [0.15, 0.2) is 71.0 Å². The summed E-state index contributed by atoms with van der Waals surface area (Å²) in [4.78, 5) is 2.03. The predicted molar refractivity (Wildman–Crippen MR) is 137 cm³/mol. The van der Waals surface area contributed by atoms with Crippen LogP contribution in [-0.2, 0) is 0 Å². The average Bonchev–Trinajstić information content (AvgIpc) is 2.79. The van der Waals surface area contributed by atoms with Crippen LogP contribution < -0.4 is 10.4 Å². The summed E-state index contributed by atoms with van der Waals surface area (Å²) in [5, 5.41) is 3.35. The minimum Gasteiger partial charge on any atom is -0.108 e. The first-order chi connectivity index (χ1) is 14.7. The van der Waals surface area contributed by atoms with E-state index in [1.807, 2.05) is 10.3 Å². The van der Waals surface area contributed by atoms with E-state index < -0.39 is 16.9 Å². The minimum absolute atomic E-state index is 0.521. The summed E-state index contributed by atoms with van der Waals surface area (Å²) in [5.41, 5.74) is 1.99. The van der Waals surface area contributed by atoms with Crippen molar-refractivity contribution in [1.29, 1.82) is 0 Å². The molecule has 30 heavy (non-hydrogen) atoms. The molecule has 2 saturated heterocycles. The van der Waals surface area contributed by atoms with Gasteiger partial charge in [0.2, 0.25) is 0 Å². The molecule has 0 amide bonds. The molecule has 0 aliphatic carbocycles. The lowest BCUT2D eigenvalue weighted by molar-refractivity contribution is 0.444. The highest BCUT2D eigenvalue weighted by atomic mass is 28.4. The van der Waals surface area contributed by atoms with Crippen LogP contribution in [0.2, 0.25) is 30.8 Å². The number of allylic oxidation sites excluding steroid dienone is 1. The molecule has 0 nitrogen and oxygen atoms in total. The van der Waals surface area contributed by atoms with E-state index in [4.69, 9.17) is 0 Å². The van der Waals surface area contributed by atoms with Crippen molar-refractivity contribution in [2.75, 3.05) is 0 Å². The van der Waals surface area contributed by atoms with Gasteiger partial charge in [-0.05, 0) is 12.5 Å². The van der Waals surface area contributed by atoms with E-state index in [9.17, 15) is 0 Å². The molecule has 2 bridgehead atoms. The molecule has 0 aromatic heterocycles. The first-order valence-corrected chi connectivity index (χ1v) is 17.1. The second kappa shape index (κ2) is 8.67. The van der Waals surface area contributed by atoms with E-state index in [2.05, 4.69) is 73.8 Å². The minimum atomic E-state index is -1.90. The van der Waals surface area contributed by atoms with Crippen LogP contribution in [0, 0.1) is 0 Å². The molecule has 0 atom stereocenters. The Kier molecular flexibility index (Phi) is 5.94. The Hall–Kier alpha value is -1.32. The summed E-state index contributed by atoms with van der Waals surface area (Å²) in [5.74, 6) is 1.97. The third-order valence-corrected chi connectivity index (χ3v) is 17.5. The van der Waals surface area contributed by atoms with E-state index in [1.54, 1.807) is 10.4 Å². The van der Waals surface area contributed by atoms with Gasteiger partial charge < -0.3 is 0 Å². The zero-order valence-electron chi connectivity index (χ0n) is 18.9. The highest BCUT2D eigenvalue weighted by Crippen LogP contribution is 2.51. The van der Waals surface area contributed by atoms with Gasteiger partial charge in [0.05, 0.1) is 8.80 Å². The van der Waals surface area contributed by atoms with Crippen LogP contribution in [0.3, 0.4) is 0 Å². The molecule has 0 spiro atoms. The molecular formula is C27H36BSi2. The Balaban J connectivity index is 1.75. The third-order valence-electron chi connectivity index (χ3n) is 8.50. The Morgan fingerprint density at radius 3 is 1.70 bits per heavy atom. The average molecular weight is 428 g/mol. The highest BCUT2D eigenvalue weighted by Gasteiger charge is 2.49. The van der Waals surface area contributed by atoms with Gasteiger partial charge in [-0.15, -0.1) is 5.47 Å². The summed E-state index contributed by atoms with van der Waals surface area (Å²) < 4.78 is 0. The molecule has 3 heteroatoms. The van der Waals surface area contributed by atoms with Crippen LogP contribution in [0.5, 0.6) is 0 Å². The first kappa shape index (κ1) is 20.6. The maximum Gasteiger partial charge on any atom is 0.175 e. The fraction of sp³-hybridized carbons (Fsp3) is 0.481. The summed E-state index contributed by atoms with van der Waals surface area (Å²) in [7, 11) is -2.42. The third kappa shape index (κ3) is 3.42. The van der Waals surface area contributed by atoms with E-state index in [0.29, 0.717) is 0 Å². The van der Waals surface area contributed by atoms with Crippen LogP contribution in [0.4, 0.5) is 0 Å². The lowest BCUT2D eigenvalue weighted by Crippen LogP contribution is -2.64. The number of fused-ring (bicyclic) bond motifs is 2. The van der Waals surface area contributed by atoms with Crippen molar-refractivity contribution in [2.24, 2.45) is 0 Å². The van der Waals surface area contributed by atoms with Crippen LogP contribution in [-0.4, -0.2) is 23.6 Å². The van der Waals surface area contributed by atoms with Gasteiger partial charge in [-0.1, -0.05) is 146 Å². The Morgan fingerprint density at radius 1 is 0.733 bits per heavy atom. The number of rotatable bonds is 4. The largest absolute Gasteiger partial charge is 0.175 e. The number of hydrogen-bond donors (Lipinski definition) is 0. The molecule has 3 heterocycles. The SMILES string of the molecule is C[Si](C)C1=C(B2C3CCCC2CCC3)CCC[Si]1(c1ccccc1)c1ccccc1. The van der Waals surface area contributed by atoms with Crippen molar-refractivity contribution in [3.63, 3.8) is 0 Å². The Bertz CT molecular complexity index is 828. The normalized spacial score (nSPS) is 26.2. The molecule has 3 aliphatic heterocycles. The first-order valence-electron chi connectivity index (χ1n) is 12.4. The van der Waals surface area contributed by atoms with Gasteiger partial charge in [0.25, 0.3) is 0 Å². The fourth-order valence-corrected chi connectivity index (χ4v) is 18.0. The zero-order valence-corrected chi connectivity index (χ0v) is 20.9. The van der Waals surface area contributed by atoms with Crippen LogP contribution in [0.25, 0.3) is 0 Å². The summed E-state index contributed by atoms with van der Waals surface area (Å²) in [6, 6.07) is 24.9. The van der Waals surface area contributed by atoms with E-state index in [1.165, 1.54) is 57.4 Å². The predicted octanol–water partition coefficient (Wildman–Crippen LogP) is 6.32. The van der Waals surface area contributed by atoms with Crippen molar-refractivity contribution < 1.29 is 0 Å². The molecule has 0 N–H and O–H groups in total. The maximum atomic E-state index is 2.61. The van der Waals surface area contributed by atoms with E-state index in [0.717, 1.165) is 18.3 Å². The van der Waals surface area contributed by atoms with Crippen LogP contribution >= 0.6 is 0 Å². The van der Waals surface area contributed by atoms with Gasteiger partial charge in [-0.3, -0.25) is 0 Å². The molecule has 1 radical (unpaired) electrons. The summed E-state index contributed by atoms with van der Waals surface area (Å²) in [6.45, 7) is 6.14. The smallest absolute Gasteiger partial charge is 0.108 e. The standard InChI is InChI=1S/C27H36BSi2/c1-29(2)27-26(28-22-12-9-13-23(28)15-10-14-22)20-11-21-30(27,24-16-5-3-6-17-24)25-18-7-4-8-19-25/h3-8,16-19,22-23H,9-15,20-21H2,1-2H3. The molecule has 0 unspecified atom stereocenters. The van der Waals surface area contributed by atoms with Gasteiger partial charge in [0.15, 0.2) is 6.71 Å². The fourth-order valence-electron chi connectivity index (χ4n) is 7.58. The van der Waals surface area contributed by atoms with Crippen molar-refractivity contribution in [3.05, 3.63) is 71.0 Å². The molecule has 2 aromatic carbocycles. The molecular weight excluding hydrogens is 391 g/mol. The highest BCUT2D eigenvalue weighted by molar-refractivity contribution is 7.15. The Labute approximate surface area is 186 Å². The van der Waals surface area contributed by atoms with Gasteiger partial charge in [-0.25, -0.2) is 0 Å². The maximum absolute atomic E-state index is 2.61. The zero-order chi connectivity index (χ0) is 20.6. The second-order valence-corrected chi connectivity index (χ2v) is 17.3. The second-order valence-electron chi connectivity index (χ2n) is 10.3. The molecule has 2 fully saturated rings. The molecule has 155 valence electrons. The topological polar surface area (TPSA) is 0 Å². The quantitative estimate of drug-likeness (QED) is 0.501. The molecule has 2 aromatic rings. The van der Waals surface area contributed by atoms with Gasteiger partial charge >= 0.3 is 0 Å². The summed E-state index contributed by atoms with van der Waals surface area (Å²) in [6.07, 6.45) is 11.8. The van der Waals surface area contributed by atoms with Gasteiger partial charge in [0, 0.05) is 0 Å². The lowest BCUT2D eigenvalue weighted by Gasteiger charge is -2.48. The number of benzene rings is 2. The van der Waals surface area contributed by atoms with Crippen molar-refractivity contribution in [3.8, 4) is 0 Å².